The van der Waals surface area contributed by atoms with Gasteiger partial charge in [-0.25, -0.2) is 8.78 Å². The summed E-state index contributed by atoms with van der Waals surface area (Å²) in [5, 5.41) is 11.4. The van der Waals surface area contributed by atoms with Crippen LogP contribution in [-0.2, 0) is 17.6 Å². The highest BCUT2D eigenvalue weighted by Gasteiger charge is 2.49. The van der Waals surface area contributed by atoms with Gasteiger partial charge in [-0.05, 0) is 80.3 Å². The molecule has 160 valence electrons. The number of ether oxygens (including phenoxy) is 3. The first kappa shape index (κ1) is 19.7. The molecular formula is C23H25F2NO4. The van der Waals surface area contributed by atoms with Gasteiger partial charge in [0.2, 0.25) is 5.79 Å². The van der Waals surface area contributed by atoms with Gasteiger partial charge in [0.25, 0.3) is 0 Å². The lowest BCUT2D eigenvalue weighted by atomic mass is 9.93. The molecule has 5 nitrogen and oxygen atoms in total. The zero-order chi connectivity index (χ0) is 20.9. The summed E-state index contributed by atoms with van der Waals surface area (Å²) >= 11 is 0. The lowest BCUT2D eigenvalue weighted by Gasteiger charge is -2.48. The number of morpholine rings is 1. The second-order valence-electron chi connectivity index (χ2n) is 8.54. The molecule has 0 bridgehead atoms. The van der Waals surface area contributed by atoms with Gasteiger partial charge in [0.15, 0.2) is 6.10 Å². The Morgan fingerprint density at radius 1 is 0.933 bits per heavy atom. The first-order chi connectivity index (χ1) is 14.4. The number of aliphatic hydroxyl groups is 1. The third-order valence-electron chi connectivity index (χ3n) is 6.23. The van der Waals surface area contributed by atoms with E-state index >= 15 is 0 Å². The van der Waals surface area contributed by atoms with E-state index in [-0.39, 0.29) is 23.8 Å². The van der Waals surface area contributed by atoms with Gasteiger partial charge in [0.05, 0.1) is 6.54 Å². The van der Waals surface area contributed by atoms with Crippen molar-refractivity contribution in [3.63, 3.8) is 0 Å². The summed E-state index contributed by atoms with van der Waals surface area (Å²) in [6.07, 6.45) is 1.34. The average molecular weight is 417 g/mol. The molecule has 0 aromatic heterocycles. The van der Waals surface area contributed by atoms with Crippen LogP contribution in [0.25, 0.3) is 0 Å². The fourth-order valence-corrected chi connectivity index (χ4v) is 4.78. The number of halogens is 2. The van der Waals surface area contributed by atoms with Crippen LogP contribution in [0.4, 0.5) is 8.78 Å². The van der Waals surface area contributed by atoms with Crippen molar-refractivity contribution in [2.45, 2.75) is 49.8 Å². The largest absolute Gasteiger partial charge is 0.487 e. The summed E-state index contributed by atoms with van der Waals surface area (Å²) in [5.74, 6) is -0.820. The Bertz CT molecular complexity index is 955. The van der Waals surface area contributed by atoms with Gasteiger partial charge in [0.1, 0.15) is 35.3 Å². The molecule has 2 aromatic carbocycles. The van der Waals surface area contributed by atoms with Crippen molar-refractivity contribution in [1.29, 1.82) is 0 Å². The fraction of sp³-hybridized carbons (Fsp3) is 0.478. The number of rotatable bonds is 2. The number of β-amino-alcohol motifs (C(OH)–C–C–N with tert-alkyl or cyclic N) is 1. The third-order valence-corrected chi connectivity index (χ3v) is 6.23. The van der Waals surface area contributed by atoms with Crippen LogP contribution >= 0.6 is 0 Å². The van der Waals surface area contributed by atoms with E-state index in [2.05, 4.69) is 0 Å². The molecule has 0 saturated carbocycles. The molecule has 0 radical (unpaired) electrons. The SMILES string of the molecule is CN1C[C@@H]([C@H]2CCc3cc(F)ccc3O2)OC(O)(C2CCc3cc(F)ccc3O2)C1. The Morgan fingerprint density at radius 3 is 2.27 bits per heavy atom. The van der Waals surface area contributed by atoms with E-state index in [1.807, 2.05) is 11.9 Å². The van der Waals surface area contributed by atoms with Crippen molar-refractivity contribution in [3.05, 3.63) is 59.2 Å². The molecule has 1 saturated heterocycles. The quantitative estimate of drug-likeness (QED) is 0.814. The average Bonchev–Trinajstić information content (AvgIpc) is 2.72. The summed E-state index contributed by atoms with van der Waals surface area (Å²) in [7, 11) is 1.93. The van der Waals surface area contributed by atoms with E-state index in [1.54, 1.807) is 12.1 Å². The molecule has 0 spiro atoms. The summed E-state index contributed by atoms with van der Waals surface area (Å²) in [6.45, 7) is 0.914. The lowest BCUT2D eigenvalue weighted by molar-refractivity contribution is -0.312. The van der Waals surface area contributed by atoms with Gasteiger partial charge in [-0.1, -0.05) is 0 Å². The molecule has 2 aromatic rings. The molecule has 3 aliphatic heterocycles. The van der Waals surface area contributed by atoms with Gasteiger partial charge in [0, 0.05) is 6.54 Å². The van der Waals surface area contributed by atoms with Crippen molar-refractivity contribution >= 4 is 0 Å². The van der Waals surface area contributed by atoms with Gasteiger partial charge in [-0.3, -0.25) is 4.90 Å². The highest BCUT2D eigenvalue weighted by Crippen LogP contribution is 2.37. The molecule has 1 N–H and O–H groups in total. The zero-order valence-electron chi connectivity index (χ0n) is 16.8. The van der Waals surface area contributed by atoms with E-state index in [1.165, 1.54) is 24.3 Å². The molecule has 0 amide bonds. The number of nitrogens with zero attached hydrogens (tertiary/aromatic N) is 1. The number of fused-ring (bicyclic) bond motifs is 2. The summed E-state index contributed by atoms with van der Waals surface area (Å²) in [4.78, 5) is 2.02. The van der Waals surface area contributed by atoms with Crippen molar-refractivity contribution in [3.8, 4) is 11.5 Å². The molecular weight excluding hydrogens is 392 g/mol. The van der Waals surface area contributed by atoms with Crippen LogP contribution < -0.4 is 9.47 Å². The van der Waals surface area contributed by atoms with Crippen LogP contribution in [0.5, 0.6) is 11.5 Å². The highest BCUT2D eigenvalue weighted by molar-refractivity contribution is 5.37. The van der Waals surface area contributed by atoms with E-state index in [9.17, 15) is 13.9 Å². The third kappa shape index (κ3) is 3.66. The van der Waals surface area contributed by atoms with Crippen molar-refractivity contribution in [2.24, 2.45) is 0 Å². The minimum Gasteiger partial charge on any atom is -0.487 e. The van der Waals surface area contributed by atoms with E-state index in [4.69, 9.17) is 14.2 Å². The second-order valence-corrected chi connectivity index (χ2v) is 8.54. The van der Waals surface area contributed by atoms with Crippen molar-refractivity contribution in [2.75, 3.05) is 20.1 Å². The van der Waals surface area contributed by atoms with Crippen LogP contribution in [0.15, 0.2) is 36.4 Å². The number of likely N-dealkylation sites (N-methyl/N-ethyl adjacent to an activating group) is 1. The highest BCUT2D eigenvalue weighted by atomic mass is 19.1. The summed E-state index contributed by atoms with van der Waals surface area (Å²) in [6, 6.07) is 8.98. The van der Waals surface area contributed by atoms with Gasteiger partial charge < -0.3 is 19.3 Å². The molecule has 0 aliphatic carbocycles. The summed E-state index contributed by atoms with van der Waals surface area (Å²) < 4.78 is 45.3. The van der Waals surface area contributed by atoms with Crippen LogP contribution in [0.2, 0.25) is 0 Å². The maximum atomic E-state index is 13.5. The van der Waals surface area contributed by atoms with E-state index in [0.29, 0.717) is 50.3 Å². The molecule has 2 unspecified atom stereocenters. The van der Waals surface area contributed by atoms with Crippen LogP contribution in [0.1, 0.15) is 24.0 Å². The molecule has 3 aliphatic rings. The Balaban J connectivity index is 1.33. The Kier molecular flexibility index (Phi) is 4.92. The first-order valence-electron chi connectivity index (χ1n) is 10.4. The molecule has 1 fully saturated rings. The molecule has 7 heteroatoms. The maximum absolute atomic E-state index is 13.5. The molecule has 5 rings (SSSR count). The normalized spacial score (nSPS) is 31.3. The van der Waals surface area contributed by atoms with Crippen molar-refractivity contribution in [1.82, 2.24) is 4.90 Å². The van der Waals surface area contributed by atoms with Gasteiger partial charge in [-0.15, -0.1) is 0 Å². The number of benzene rings is 2. The number of hydrogen-bond donors (Lipinski definition) is 1. The number of hydrogen-bond acceptors (Lipinski definition) is 5. The number of aryl methyl sites for hydroxylation is 2. The fourth-order valence-electron chi connectivity index (χ4n) is 4.78. The minimum absolute atomic E-state index is 0.248. The smallest absolute Gasteiger partial charge is 0.217 e. The predicted molar refractivity (Wildman–Crippen MR) is 106 cm³/mol. The van der Waals surface area contributed by atoms with Crippen molar-refractivity contribution < 1.29 is 28.1 Å². The lowest BCUT2D eigenvalue weighted by Crippen LogP contribution is -2.64. The Hall–Kier alpha value is -2.22. The van der Waals surface area contributed by atoms with Gasteiger partial charge in [-0.2, -0.15) is 0 Å². The predicted octanol–water partition coefficient (Wildman–Crippen LogP) is 3.07. The minimum atomic E-state index is -1.50. The standard InChI is InChI=1S/C23H25F2NO4/c1-26-12-21(20-6-2-14-10-16(24)4-7-18(14)28-20)30-23(27,13-26)22-9-3-15-11-17(25)5-8-19(15)29-22/h4-5,7-8,10-11,20-22,27H,2-3,6,9,12-13H2,1H3/t20-,21+,22?,23?/m1/s1. The van der Waals surface area contributed by atoms with E-state index in [0.717, 1.165) is 11.1 Å². The van der Waals surface area contributed by atoms with Gasteiger partial charge >= 0.3 is 0 Å². The van der Waals surface area contributed by atoms with Crippen LogP contribution in [-0.4, -0.2) is 54.2 Å². The first-order valence-corrected chi connectivity index (χ1v) is 10.4. The second kappa shape index (κ2) is 7.48. The van der Waals surface area contributed by atoms with Crippen LogP contribution in [0.3, 0.4) is 0 Å². The summed E-state index contributed by atoms with van der Waals surface area (Å²) in [5.41, 5.74) is 1.65. The Morgan fingerprint density at radius 2 is 1.57 bits per heavy atom. The van der Waals surface area contributed by atoms with E-state index < -0.39 is 11.9 Å². The molecule has 4 atom stereocenters. The monoisotopic (exact) mass is 417 g/mol. The van der Waals surface area contributed by atoms with Crippen LogP contribution in [0, 0.1) is 11.6 Å². The zero-order valence-corrected chi connectivity index (χ0v) is 16.8. The molecule has 3 heterocycles. The Labute approximate surface area is 174 Å². The molecule has 30 heavy (non-hydrogen) atoms. The maximum Gasteiger partial charge on any atom is 0.217 e. The topological polar surface area (TPSA) is 51.2 Å².